The average molecular weight is 332 g/mol. The fourth-order valence-corrected chi connectivity index (χ4v) is 3.69. The molecule has 0 unspecified atom stereocenters. The molecule has 6 heteroatoms. The molecule has 0 radical (unpaired) electrons. The van der Waals surface area contributed by atoms with E-state index in [1.165, 1.54) is 25.9 Å². The van der Waals surface area contributed by atoms with Crippen LogP contribution in [-0.4, -0.2) is 42.5 Å². The highest BCUT2D eigenvalue weighted by Gasteiger charge is 2.23. The molecule has 0 amide bonds. The first kappa shape index (κ1) is 17.0. The second-order valence-electron chi connectivity index (χ2n) is 7.08. The molecule has 0 aromatic heterocycles. The van der Waals surface area contributed by atoms with E-state index in [0.29, 0.717) is 5.69 Å². The molecule has 2 N–H and O–H groups in total. The van der Waals surface area contributed by atoms with Crippen molar-refractivity contribution in [1.82, 2.24) is 4.90 Å². The van der Waals surface area contributed by atoms with E-state index in [-0.39, 0.29) is 10.6 Å². The molecular weight excluding hydrogens is 304 g/mol. The second-order valence-corrected chi connectivity index (χ2v) is 7.08. The van der Waals surface area contributed by atoms with Crippen molar-refractivity contribution < 1.29 is 4.92 Å². The molecule has 0 atom stereocenters. The fraction of sp³-hybridized carbons (Fsp3) is 0.667. The van der Waals surface area contributed by atoms with Gasteiger partial charge in [-0.3, -0.25) is 10.1 Å². The Morgan fingerprint density at radius 2 is 2.12 bits per heavy atom. The van der Waals surface area contributed by atoms with Crippen molar-refractivity contribution in [3.8, 4) is 0 Å². The Morgan fingerprint density at radius 3 is 2.88 bits per heavy atom. The number of fused-ring (bicyclic) bond motifs is 1. The lowest BCUT2D eigenvalue weighted by Gasteiger charge is -2.30. The highest BCUT2D eigenvalue weighted by molar-refractivity contribution is 5.77. The van der Waals surface area contributed by atoms with Gasteiger partial charge in [0.15, 0.2) is 0 Å². The number of nitro benzene ring substituents is 1. The third-order valence-corrected chi connectivity index (χ3v) is 5.26. The molecule has 24 heavy (non-hydrogen) atoms. The Labute approximate surface area is 143 Å². The number of unbranched alkanes of at least 4 members (excludes halogenated alkanes) is 1. The molecule has 0 aliphatic carbocycles. The number of likely N-dealkylation sites (tertiary alicyclic amines) is 1. The predicted octanol–water partition coefficient (Wildman–Crippen LogP) is 3.49. The zero-order chi connectivity index (χ0) is 16.9. The van der Waals surface area contributed by atoms with Gasteiger partial charge in [0.25, 0.3) is 5.69 Å². The summed E-state index contributed by atoms with van der Waals surface area (Å²) in [5.41, 5.74) is 3.01. The first-order valence-corrected chi connectivity index (χ1v) is 9.15. The Kier molecular flexibility index (Phi) is 5.56. The van der Waals surface area contributed by atoms with Gasteiger partial charge in [-0.25, -0.2) is 0 Å². The molecule has 0 saturated carbocycles. The van der Waals surface area contributed by atoms with Crippen LogP contribution in [0.15, 0.2) is 12.1 Å². The summed E-state index contributed by atoms with van der Waals surface area (Å²) in [5, 5.41) is 17.9. The van der Waals surface area contributed by atoms with Crippen molar-refractivity contribution in [3.63, 3.8) is 0 Å². The van der Waals surface area contributed by atoms with Gasteiger partial charge in [-0.15, -0.1) is 0 Å². The van der Waals surface area contributed by atoms with Crippen molar-refractivity contribution in [2.75, 3.05) is 43.4 Å². The minimum atomic E-state index is -0.282. The number of anilines is 2. The van der Waals surface area contributed by atoms with Crippen LogP contribution < -0.4 is 10.6 Å². The van der Waals surface area contributed by atoms with Crippen LogP contribution in [0.4, 0.5) is 17.1 Å². The SMILES string of the molecule is CC1CCN(CCCCNc2c([N+](=O)[O-])ccc3c2CCN3)CC1. The Hall–Kier alpha value is -1.82. The van der Waals surface area contributed by atoms with Gasteiger partial charge in [0.05, 0.1) is 4.92 Å². The van der Waals surface area contributed by atoms with E-state index in [1.807, 2.05) is 6.07 Å². The minimum Gasteiger partial charge on any atom is -0.384 e. The minimum absolute atomic E-state index is 0.197. The third-order valence-electron chi connectivity index (χ3n) is 5.26. The largest absolute Gasteiger partial charge is 0.384 e. The van der Waals surface area contributed by atoms with Gasteiger partial charge in [-0.2, -0.15) is 0 Å². The van der Waals surface area contributed by atoms with E-state index in [1.54, 1.807) is 6.07 Å². The van der Waals surface area contributed by atoms with Crippen molar-refractivity contribution in [3.05, 3.63) is 27.8 Å². The molecule has 0 bridgehead atoms. The Balaban J connectivity index is 1.48. The van der Waals surface area contributed by atoms with Gasteiger partial charge in [0.2, 0.25) is 0 Å². The molecule has 132 valence electrons. The predicted molar refractivity (Wildman–Crippen MR) is 97.9 cm³/mol. The molecule has 2 heterocycles. The van der Waals surface area contributed by atoms with E-state index in [2.05, 4.69) is 22.5 Å². The molecule has 2 aliphatic rings. The number of nitrogens with one attached hydrogen (secondary N) is 2. The van der Waals surface area contributed by atoms with Crippen LogP contribution in [0, 0.1) is 16.0 Å². The summed E-state index contributed by atoms with van der Waals surface area (Å²) in [5.74, 6) is 0.872. The van der Waals surface area contributed by atoms with Crippen LogP contribution in [0.1, 0.15) is 38.2 Å². The topological polar surface area (TPSA) is 70.4 Å². The van der Waals surface area contributed by atoms with E-state index in [0.717, 1.165) is 56.1 Å². The van der Waals surface area contributed by atoms with Gasteiger partial charge >= 0.3 is 0 Å². The molecule has 2 aliphatic heterocycles. The van der Waals surface area contributed by atoms with Crippen molar-refractivity contribution in [2.45, 2.75) is 39.0 Å². The maximum absolute atomic E-state index is 11.3. The molecule has 0 spiro atoms. The fourth-order valence-electron chi connectivity index (χ4n) is 3.69. The molecule has 3 rings (SSSR count). The highest BCUT2D eigenvalue weighted by atomic mass is 16.6. The van der Waals surface area contributed by atoms with Gasteiger partial charge in [0, 0.05) is 30.4 Å². The van der Waals surface area contributed by atoms with Crippen LogP contribution in [0.2, 0.25) is 0 Å². The summed E-state index contributed by atoms with van der Waals surface area (Å²) in [7, 11) is 0. The monoisotopic (exact) mass is 332 g/mol. The zero-order valence-electron chi connectivity index (χ0n) is 14.5. The van der Waals surface area contributed by atoms with Crippen LogP contribution in [-0.2, 0) is 6.42 Å². The zero-order valence-corrected chi connectivity index (χ0v) is 14.5. The van der Waals surface area contributed by atoms with Crippen LogP contribution >= 0.6 is 0 Å². The number of benzene rings is 1. The lowest BCUT2D eigenvalue weighted by atomic mass is 9.99. The van der Waals surface area contributed by atoms with Crippen LogP contribution in [0.25, 0.3) is 0 Å². The van der Waals surface area contributed by atoms with E-state index in [9.17, 15) is 10.1 Å². The summed E-state index contributed by atoms with van der Waals surface area (Å²) in [6.45, 7) is 7.57. The lowest BCUT2D eigenvalue weighted by Crippen LogP contribution is -2.33. The van der Waals surface area contributed by atoms with Gasteiger partial charge < -0.3 is 15.5 Å². The number of piperidine rings is 1. The van der Waals surface area contributed by atoms with Crippen LogP contribution in [0.3, 0.4) is 0 Å². The Morgan fingerprint density at radius 1 is 1.33 bits per heavy atom. The normalized spacial score (nSPS) is 18.2. The maximum Gasteiger partial charge on any atom is 0.292 e. The number of hydrogen-bond acceptors (Lipinski definition) is 5. The summed E-state index contributed by atoms with van der Waals surface area (Å²) in [6.07, 6.45) is 5.66. The molecule has 1 aromatic carbocycles. The first-order valence-electron chi connectivity index (χ1n) is 9.15. The van der Waals surface area contributed by atoms with E-state index >= 15 is 0 Å². The summed E-state index contributed by atoms with van der Waals surface area (Å²) >= 11 is 0. The molecule has 1 aromatic rings. The summed E-state index contributed by atoms with van der Waals surface area (Å²) < 4.78 is 0. The third kappa shape index (κ3) is 3.98. The molecule has 1 saturated heterocycles. The molecule has 1 fully saturated rings. The van der Waals surface area contributed by atoms with E-state index < -0.39 is 0 Å². The average Bonchev–Trinajstić information content (AvgIpc) is 3.05. The van der Waals surface area contributed by atoms with Gasteiger partial charge in [-0.05, 0) is 63.7 Å². The standard InChI is InChI=1S/C18H28N4O2/c1-14-7-12-21(13-8-14)11-3-2-9-20-18-15-6-10-19-16(15)4-5-17(18)22(23)24/h4-5,14,19-20H,2-3,6-13H2,1H3. The van der Waals surface area contributed by atoms with Crippen LogP contribution in [0.5, 0.6) is 0 Å². The highest BCUT2D eigenvalue weighted by Crippen LogP contribution is 2.36. The number of nitro groups is 1. The Bertz CT molecular complexity index is 583. The van der Waals surface area contributed by atoms with Crippen molar-refractivity contribution in [1.29, 1.82) is 0 Å². The summed E-state index contributed by atoms with van der Waals surface area (Å²) in [6, 6.07) is 3.43. The van der Waals surface area contributed by atoms with Crippen molar-refractivity contribution in [2.24, 2.45) is 5.92 Å². The van der Waals surface area contributed by atoms with Gasteiger partial charge in [0.1, 0.15) is 5.69 Å². The first-order chi connectivity index (χ1) is 11.6. The second kappa shape index (κ2) is 7.83. The lowest BCUT2D eigenvalue weighted by molar-refractivity contribution is -0.384. The smallest absolute Gasteiger partial charge is 0.292 e. The quantitative estimate of drug-likeness (QED) is 0.454. The van der Waals surface area contributed by atoms with Gasteiger partial charge in [-0.1, -0.05) is 6.92 Å². The van der Waals surface area contributed by atoms with Crippen molar-refractivity contribution >= 4 is 17.1 Å². The number of nitrogens with zero attached hydrogens (tertiary/aromatic N) is 2. The summed E-state index contributed by atoms with van der Waals surface area (Å²) in [4.78, 5) is 13.5. The van der Waals surface area contributed by atoms with E-state index in [4.69, 9.17) is 0 Å². The molecule has 6 nitrogen and oxygen atoms in total. The maximum atomic E-state index is 11.3. The number of hydrogen-bond donors (Lipinski definition) is 2. The molecular formula is C18H28N4O2. The number of rotatable bonds is 7.